The average molecular weight is 126 g/mol. The van der Waals surface area contributed by atoms with Crippen molar-refractivity contribution in [2.24, 2.45) is 10.3 Å². The minimum Gasteiger partial charge on any atom is -0.138 e. The molecule has 0 bridgehead atoms. The van der Waals surface area contributed by atoms with Gasteiger partial charge in [0.2, 0.25) is 6.04 Å². The van der Waals surface area contributed by atoms with E-state index in [1.165, 1.54) is 0 Å². The molecule has 0 saturated carbocycles. The van der Waals surface area contributed by atoms with Crippen molar-refractivity contribution >= 4 is 6.21 Å². The van der Waals surface area contributed by atoms with Gasteiger partial charge < -0.3 is 0 Å². The van der Waals surface area contributed by atoms with Crippen molar-refractivity contribution in [2.75, 3.05) is 6.54 Å². The highest BCUT2D eigenvalue weighted by atomic mass is 15.5. The predicted molar refractivity (Wildman–Crippen MR) is 35.8 cm³/mol. The SMILES string of the molecule is CCC1C=[N+](CC)N=N1. The fourth-order valence-electron chi connectivity index (χ4n) is 0.747. The van der Waals surface area contributed by atoms with E-state index in [0.29, 0.717) is 6.04 Å². The molecule has 9 heavy (non-hydrogen) atoms. The maximum Gasteiger partial charge on any atom is 0.222 e. The van der Waals surface area contributed by atoms with E-state index in [2.05, 4.69) is 30.4 Å². The minimum atomic E-state index is 0.338. The summed E-state index contributed by atoms with van der Waals surface area (Å²) in [6, 6.07) is 0.338. The van der Waals surface area contributed by atoms with Gasteiger partial charge in [0.05, 0.1) is 0 Å². The topological polar surface area (TPSA) is 27.7 Å². The first-order valence-electron chi connectivity index (χ1n) is 3.39. The van der Waals surface area contributed by atoms with E-state index in [9.17, 15) is 0 Å². The maximum absolute atomic E-state index is 4.00. The molecule has 3 nitrogen and oxygen atoms in total. The quantitative estimate of drug-likeness (QED) is 0.498. The van der Waals surface area contributed by atoms with E-state index in [1.807, 2.05) is 4.68 Å². The van der Waals surface area contributed by atoms with Crippen LogP contribution in [0.25, 0.3) is 0 Å². The Morgan fingerprint density at radius 1 is 1.56 bits per heavy atom. The van der Waals surface area contributed by atoms with Crippen LogP contribution in [0.5, 0.6) is 0 Å². The van der Waals surface area contributed by atoms with Gasteiger partial charge in [0.25, 0.3) is 0 Å². The maximum atomic E-state index is 4.00. The first-order chi connectivity index (χ1) is 4.36. The second-order valence-corrected chi connectivity index (χ2v) is 2.09. The third kappa shape index (κ3) is 1.34. The molecule has 0 aromatic carbocycles. The lowest BCUT2D eigenvalue weighted by atomic mass is 10.3. The Labute approximate surface area is 55.1 Å². The molecule has 3 heteroatoms. The summed E-state index contributed by atoms with van der Waals surface area (Å²) in [5, 5.41) is 7.91. The molecule has 0 aromatic rings. The Morgan fingerprint density at radius 3 is 2.67 bits per heavy atom. The summed E-state index contributed by atoms with van der Waals surface area (Å²) in [6.07, 6.45) is 3.11. The smallest absolute Gasteiger partial charge is 0.138 e. The Balaban J connectivity index is 2.52. The van der Waals surface area contributed by atoms with E-state index >= 15 is 0 Å². The zero-order valence-corrected chi connectivity index (χ0v) is 5.91. The monoisotopic (exact) mass is 126 g/mol. The zero-order chi connectivity index (χ0) is 6.69. The molecule has 0 aliphatic carbocycles. The van der Waals surface area contributed by atoms with Gasteiger partial charge in [-0.2, -0.15) is 0 Å². The van der Waals surface area contributed by atoms with Gasteiger partial charge in [0.1, 0.15) is 18.0 Å². The third-order valence-corrected chi connectivity index (χ3v) is 1.40. The van der Waals surface area contributed by atoms with Gasteiger partial charge in [0.15, 0.2) is 0 Å². The highest BCUT2D eigenvalue weighted by molar-refractivity contribution is 5.59. The molecule has 1 aliphatic heterocycles. The van der Waals surface area contributed by atoms with Crippen molar-refractivity contribution in [3.05, 3.63) is 0 Å². The van der Waals surface area contributed by atoms with E-state index < -0.39 is 0 Å². The molecular weight excluding hydrogens is 114 g/mol. The molecular formula is C6H12N3+. The zero-order valence-electron chi connectivity index (χ0n) is 5.91. The lowest BCUT2D eigenvalue weighted by Crippen LogP contribution is -2.06. The van der Waals surface area contributed by atoms with Crippen molar-refractivity contribution in [1.29, 1.82) is 0 Å². The van der Waals surface area contributed by atoms with Crippen LogP contribution >= 0.6 is 0 Å². The summed E-state index contributed by atoms with van der Waals surface area (Å²) < 4.78 is 1.87. The van der Waals surface area contributed by atoms with E-state index in [-0.39, 0.29) is 0 Å². The molecule has 0 saturated heterocycles. The molecule has 1 unspecified atom stereocenters. The summed E-state index contributed by atoms with van der Waals surface area (Å²) in [7, 11) is 0. The normalized spacial score (nSPS) is 24.7. The van der Waals surface area contributed by atoms with E-state index in [4.69, 9.17) is 0 Å². The molecule has 0 spiro atoms. The molecule has 1 rings (SSSR count). The molecule has 0 amide bonds. The van der Waals surface area contributed by atoms with Crippen LogP contribution in [0.2, 0.25) is 0 Å². The molecule has 0 aromatic heterocycles. The molecule has 0 N–H and O–H groups in total. The van der Waals surface area contributed by atoms with Crippen LogP contribution < -0.4 is 0 Å². The number of rotatable bonds is 2. The van der Waals surface area contributed by atoms with Crippen molar-refractivity contribution in [2.45, 2.75) is 26.3 Å². The van der Waals surface area contributed by atoms with Crippen LogP contribution in [0, 0.1) is 0 Å². The van der Waals surface area contributed by atoms with Crippen molar-refractivity contribution in [3.8, 4) is 0 Å². The summed E-state index contributed by atoms with van der Waals surface area (Å²) in [5.74, 6) is 0. The summed E-state index contributed by atoms with van der Waals surface area (Å²) in [6.45, 7) is 5.10. The predicted octanol–water partition coefficient (Wildman–Crippen LogP) is 1.25. The van der Waals surface area contributed by atoms with E-state index in [0.717, 1.165) is 13.0 Å². The highest BCUT2D eigenvalue weighted by Crippen LogP contribution is 2.01. The molecule has 50 valence electrons. The Bertz CT molecular complexity index is 148. The van der Waals surface area contributed by atoms with Crippen LogP contribution in [-0.4, -0.2) is 23.5 Å². The number of nitrogens with zero attached hydrogens (tertiary/aromatic N) is 3. The fourth-order valence-corrected chi connectivity index (χ4v) is 0.747. The second kappa shape index (κ2) is 2.71. The van der Waals surface area contributed by atoms with Gasteiger partial charge in [-0.25, -0.2) is 0 Å². The van der Waals surface area contributed by atoms with Gasteiger partial charge in [-0.1, -0.05) is 6.92 Å². The Kier molecular flexibility index (Phi) is 1.92. The summed E-state index contributed by atoms with van der Waals surface area (Å²) >= 11 is 0. The van der Waals surface area contributed by atoms with Gasteiger partial charge >= 0.3 is 0 Å². The number of hydrogen-bond donors (Lipinski definition) is 0. The first-order valence-corrected chi connectivity index (χ1v) is 3.39. The molecule has 1 atom stereocenters. The molecule has 0 fully saturated rings. The van der Waals surface area contributed by atoms with Crippen LogP contribution in [0.15, 0.2) is 10.3 Å². The fraction of sp³-hybridized carbons (Fsp3) is 0.833. The van der Waals surface area contributed by atoms with Crippen molar-refractivity contribution in [3.63, 3.8) is 0 Å². The Morgan fingerprint density at radius 2 is 2.33 bits per heavy atom. The largest absolute Gasteiger partial charge is 0.222 e. The molecule has 1 heterocycles. The Hall–Kier alpha value is -0.730. The average Bonchev–Trinajstić information content (AvgIpc) is 2.34. The van der Waals surface area contributed by atoms with Crippen LogP contribution in [0.1, 0.15) is 20.3 Å². The summed E-state index contributed by atoms with van der Waals surface area (Å²) in [4.78, 5) is 0. The van der Waals surface area contributed by atoms with E-state index in [1.54, 1.807) is 0 Å². The standard InChI is InChI=1S/C6H12N3/c1-3-6-5-9(4-2)8-7-6/h5-6H,3-4H2,1-2H3/q+1. The second-order valence-electron chi connectivity index (χ2n) is 2.09. The van der Waals surface area contributed by atoms with Crippen molar-refractivity contribution in [1.82, 2.24) is 0 Å². The third-order valence-electron chi connectivity index (χ3n) is 1.40. The highest BCUT2D eigenvalue weighted by Gasteiger charge is 2.17. The molecule has 1 aliphatic rings. The molecule has 0 radical (unpaired) electrons. The van der Waals surface area contributed by atoms with Gasteiger partial charge in [-0.05, 0) is 13.3 Å². The minimum absolute atomic E-state index is 0.338. The lowest BCUT2D eigenvalue weighted by molar-refractivity contribution is -0.528. The van der Waals surface area contributed by atoms with Crippen LogP contribution in [0.4, 0.5) is 0 Å². The van der Waals surface area contributed by atoms with Crippen LogP contribution in [-0.2, 0) is 0 Å². The van der Waals surface area contributed by atoms with Gasteiger partial charge in [0, 0.05) is 5.11 Å². The van der Waals surface area contributed by atoms with Gasteiger partial charge in [-0.3, -0.25) is 0 Å². The number of hydrogen-bond acceptors (Lipinski definition) is 2. The lowest BCUT2D eigenvalue weighted by Gasteiger charge is -1.83. The first kappa shape index (κ1) is 6.39. The van der Waals surface area contributed by atoms with Gasteiger partial charge in [-0.15, -0.1) is 4.68 Å². The van der Waals surface area contributed by atoms with Crippen molar-refractivity contribution < 1.29 is 4.68 Å². The summed E-state index contributed by atoms with van der Waals surface area (Å²) in [5.41, 5.74) is 0. The van der Waals surface area contributed by atoms with Crippen LogP contribution in [0.3, 0.4) is 0 Å².